The molecule has 0 aliphatic carbocycles. The molecule has 0 saturated carbocycles. The van der Waals surface area contributed by atoms with Gasteiger partial charge in [0.25, 0.3) is 5.89 Å². The minimum Gasteiger partial charge on any atom is -0.495 e. The summed E-state index contributed by atoms with van der Waals surface area (Å²) in [7, 11) is 1.57. The second-order valence-electron chi connectivity index (χ2n) is 4.73. The molecule has 0 spiro atoms. The minimum atomic E-state index is -0.134. The molecule has 7 heteroatoms. The van der Waals surface area contributed by atoms with Gasteiger partial charge < -0.3 is 14.5 Å². The van der Waals surface area contributed by atoms with Crippen LogP contribution in [0.5, 0.6) is 5.75 Å². The molecule has 2 aromatic heterocycles. The van der Waals surface area contributed by atoms with E-state index in [0.29, 0.717) is 29.6 Å². The number of nitrogens with one attached hydrogen (secondary N) is 1. The first-order chi connectivity index (χ1) is 11.3. The van der Waals surface area contributed by atoms with Gasteiger partial charge in [0.15, 0.2) is 0 Å². The van der Waals surface area contributed by atoms with E-state index in [1.54, 1.807) is 19.2 Å². The summed E-state index contributed by atoms with van der Waals surface area (Å²) in [5.41, 5.74) is 0.643. The van der Waals surface area contributed by atoms with Gasteiger partial charge in [-0.1, -0.05) is 18.2 Å². The number of aromatic nitrogens is 2. The maximum Gasteiger partial charge on any atom is 0.257 e. The molecular formula is C16H15N3O3S. The summed E-state index contributed by atoms with van der Waals surface area (Å²) in [6.07, 6.45) is 0.642. The SMILES string of the molecule is COc1ccccc1NC(=O)CCc1nnc(-c2cccs2)o1. The molecular weight excluding hydrogens is 314 g/mol. The van der Waals surface area contributed by atoms with Gasteiger partial charge in [-0.2, -0.15) is 0 Å². The number of thiophene rings is 1. The number of anilines is 1. The fourth-order valence-corrected chi connectivity index (χ4v) is 2.68. The number of hydrogen-bond acceptors (Lipinski definition) is 6. The Morgan fingerprint density at radius 1 is 1.26 bits per heavy atom. The van der Waals surface area contributed by atoms with Gasteiger partial charge in [0.05, 0.1) is 17.7 Å². The van der Waals surface area contributed by atoms with E-state index >= 15 is 0 Å². The van der Waals surface area contributed by atoms with Crippen LogP contribution in [0.3, 0.4) is 0 Å². The van der Waals surface area contributed by atoms with Crippen LogP contribution in [-0.2, 0) is 11.2 Å². The third-order valence-electron chi connectivity index (χ3n) is 3.15. The summed E-state index contributed by atoms with van der Waals surface area (Å²) in [6.45, 7) is 0. The highest BCUT2D eigenvalue weighted by Gasteiger charge is 2.12. The summed E-state index contributed by atoms with van der Waals surface area (Å²) >= 11 is 1.53. The van der Waals surface area contributed by atoms with Crippen LogP contribution in [-0.4, -0.2) is 23.2 Å². The zero-order chi connectivity index (χ0) is 16.1. The normalized spacial score (nSPS) is 10.5. The average Bonchev–Trinajstić information content (AvgIpc) is 3.24. The van der Waals surface area contributed by atoms with E-state index in [1.165, 1.54) is 11.3 Å². The van der Waals surface area contributed by atoms with Crippen LogP contribution < -0.4 is 10.1 Å². The Kier molecular flexibility index (Phi) is 4.68. The van der Waals surface area contributed by atoms with Crippen LogP contribution in [0, 0.1) is 0 Å². The van der Waals surface area contributed by atoms with Gasteiger partial charge in [-0.05, 0) is 23.6 Å². The molecule has 0 fully saturated rings. The summed E-state index contributed by atoms with van der Waals surface area (Å²) in [4.78, 5) is 13.0. The molecule has 3 aromatic rings. The van der Waals surface area contributed by atoms with Crippen molar-refractivity contribution in [1.82, 2.24) is 10.2 Å². The largest absolute Gasteiger partial charge is 0.495 e. The van der Waals surface area contributed by atoms with Crippen molar-refractivity contribution in [2.75, 3.05) is 12.4 Å². The molecule has 6 nitrogen and oxygen atoms in total. The first-order valence-electron chi connectivity index (χ1n) is 7.05. The second-order valence-corrected chi connectivity index (χ2v) is 5.67. The number of hydrogen-bond donors (Lipinski definition) is 1. The predicted molar refractivity (Wildman–Crippen MR) is 87.6 cm³/mol. The number of benzene rings is 1. The number of amides is 1. The topological polar surface area (TPSA) is 77.2 Å². The lowest BCUT2D eigenvalue weighted by Gasteiger charge is -2.09. The number of para-hydroxylation sites is 2. The van der Waals surface area contributed by atoms with Crippen molar-refractivity contribution in [3.8, 4) is 16.5 Å². The molecule has 1 aromatic carbocycles. The zero-order valence-electron chi connectivity index (χ0n) is 12.5. The first kappa shape index (κ1) is 15.2. The molecule has 0 radical (unpaired) electrons. The lowest BCUT2D eigenvalue weighted by molar-refractivity contribution is -0.116. The number of carbonyl (C=O) groups excluding carboxylic acids is 1. The van der Waals surface area contributed by atoms with Crippen molar-refractivity contribution in [2.24, 2.45) is 0 Å². The Morgan fingerprint density at radius 3 is 2.91 bits per heavy atom. The predicted octanol–water partition coefficient (Wildman–Crippen LogP) is 3.38. The number of aryl methyl sites for hydroxylation is 1. The first-order valence-corrected chi connectivity index (χ1v) is 7.93. The third-order valence-corrected chi connectivity index (χ3v) is 4.00. The molecule has 0 unspecified atom stereocenters. The van der Waals surface area contributed by atoms with Crippen LogP contribution in [0.1, 0.15) is 12.3 Å². The van der Waals surface area contributed by atoms with Gasteiger partial charge in [0.1, 0.15) is 5.75 Å². The molecule has 0 bridgehead atoms. The summed E-state index contributed by atoms with van der Waals surface area (Å²) in [5.74, 6) is 1.42. The Hall–Kier alpha value is -2.67. The second kappa shape index (κ2) is 7.06. The Labute approximate surface area is 137 Å². The van der Waals surface area contributed by atoms with Gasteiger partial charge >= 0.3 is 0 Å². The molecule has 1 N–H and O–H groups in total. The fourth-order valence-electron chi connectivity index (χ4n) is 2.04. The maximum atomic E-state index is 12.0. The zero-order valence-corrected chi connectivity index (χ0v) is 13.3. The number of rotatable bonds is 6. The van der Waals surface area contributed by atoms with E-state index in [0.717, 1.165) is 4.88 Å². The molecule has 0 atom stereocenters. The highest BCUT2D eigenvalue weighted by Crippen LogP contribution is 2.24. The van der Waals surface area contributed by atoms with Crippen molar-refractivity contribution < 1.29 is 13.9 Å². The highest BCUT2D eigenvalue weighted by molar-refractivity contribution is 7.13. The minimum absolute atomic E-state index is 0.134. The van der Waals surface area contributed by atoms with E-state index in [-0.39, 0.29) is 12.3 Å². The van der Waals surface area contributed by atoms with Crippen molar-refractivity contribution >= 4 is 22.9 Å². The number of nitrogens with zero attached hydrogens (tertiary/aromatic N) is 2. The van der Waals surface area contributed by atoms with Crippen molar-refractivity contribution in [2.45, 2.75) is 12.8 Å². The summed E-state index contributed by atoms with van der Waals surface area (Å²) in [5, 5.41) is 12.7. The summed E-state index contributed by atoms with van der Waals surface area (Å²) in [6, 6.07) is 11.1. The lowest BCUT2D eigenvalue weighted by Crippen LogP contribution is -2.13. The Bertz CT molecular complexity index is 783. The summed E-state index contributed by atoms with van der Waals surface area (Å²) < 4.78 is 10.8. The van der Waals surface area contributed by atoms with Crippen LogP contribution in [0.15, 0.2) is 46.2 Å². The van der Waals surface area contributed by atoms with Crippen LogP contribution >= 0.6 is 11.3 Å². The third kappa shape index (κ3) is 3.75. The monoisotopic (exact) mass is 329 g/mol. The number of methoxy groups -OCH3 is 1. The van der Waals surface area contributed by atoms with E-state index in [2.05, 4.69) is 15.5 Å². The quantitative estimate of drug-likeness (QED) is 0.750. The van der Waals surface area contributed by atoms with Gasteiger partial charge in [-0.15, -0.1) is 21.5 Å². The van der Waals surface area contributed by atoms with Crippen LogP contribution in [0.25, 0.3) is 10.8 Å². The van der Waals surface area contributed by atoms with E-state index in [9.17, 15) is 4.79 Å². The van der Waals surface area contributed by atoms with E-state index in [1.807, 2.05) is 29.6 Å². The van der Waals surface area contributed by atoms with Gasteiger partial charge in [-0.3, -0.25) is 4.79 Å². The van der Waals surface area contributed by atoms with Crippen molar-refractivity contribution in [1.29, 1.82) is 0 Å². The maximum absolute atomic E-state index is 12.0. The molecule has 2 heterocycles. The average molecular weight is 329 g/mol. The standard InChI is InChI=1S/C16H15N3O3S/c1-21-12-6-3-2-5-11(12)17-14(20)8-9-15-18-19-16(22-15)13-7-4-10-23-13/h2-7,10H,8-9H2,1H3,(H,17,20). The van der Waals surface area contributed by atoms with Crippen molar-refractivity contribution in [3.63, 3.8) is 0 Å². The molecule has 3 rings (SSSR count). The van der Waals surface area contributed by atoms with Gasteiger partial charge in [0.2, 0.25) is 11.8 Å². The fraction of sp³-hybridized carbons (Fsp3) is 0.188. The highest BCUT2D eigenvalue weighted by atomic mass is 32.1. The van der Waals surface area contributed by atoms with Gasteiger partial charge in [-0.25, -0.2) is 0 Å². The molecule has 1 amide bonds. The van der Waals surface area contributed by atoms with Gasteiger partial charge in [0, 0.05) is 12.8 Å². The number of carbonyl (C=O) groups is 1. The Morgan fingerprint density at radius 2 is 2.13 bits per heavy atom. The molecule has 23 heavy (non-hydrogen) atoms. The number of ether oxygens (including phenoxy) is 1. The van der Waals surface area contributed by atoms with Crippen molar-refractivity contribution in [3.05, 3.63) is 47.7 Å². The lowest BCUT2D eigenvalue weighted by atomic mass is 10.2. The Balaban J connectivity index is 1.57. The van der Waals surface area contributed by atoms with E-state index < -0.39 is 0 Å². The van der Waals surface area contributed by atoms with Crippen LogP contribution in [0.2, 0.25) is 0 Å². The molecule has 118 valence electrons. The molecule has 0 saturated heterocycles. The molecule has 0 aliphatic rings. The van der Waals surface area contributed by atoms with E-state index in [4.69, 9.17) is 9.15 Å². The smallest absolute Gasteiger partial charge is 0.257 e. The molecule has 0 aliphatic heterocycles. The van der Waals surface area contributed by atoms with Crippen LogP contribution in [0.4, 0.5) is 5.69 Å².